The first kappa shape index (κ1) is 16.4. The van der Waals surface area contributed by atoms with E-state index in [4.69, 9.17) is 9.68 Å². The van der Waals surface area contributed by atoms with Gasteiger partial charge in [0.1, 0.15) is 0 Å². The van der Waals surface area contributed by atoms with E-state index in [1.807, 2.05) is 60.7 Å². The van der Waals surface area contributed by atoms with Gasteiger partial charge in [-0.2, -0.15) is 0 Å². The fourth-order valence-electron chi connectivity index (χ4n) is 2.13. The zero-order chi connectivity index (χ0) is 16.8. The standard InChI is InChI=1S/C17H16N2O4Se/c20-24(21)17-18(22-13-15-7-3-1-4-8-15)11-12-19(17)23-14-16-9-5-2-6-10-16/h1-12H,13-14H2. The van der Waals surface area contributed by atoms with Crippen LogP contribution in [-0.4, -0.2) is 18.9 Å². The quantitative estimate of drug-likeness (QED) is 0.403. The molecule has 0 aliphatic carbocycles. The maximum absolute atomic E-state index is 11.6. The zero-order valence-electron chi connectivity index (χ0n) is 12.8. The van der Waals surface area contributed by atoms with Gasteiger partial charge >= 0.3 is 143 Å². The van der Waals surface area contributed by atoms with Gasteiger partial charge in [-0.1, -0.05) is 0 Å². The molecule has 0 radical (unpaired) electrons. The van der Waals surface area contributed by atoms with E-state index < -0.39 is 14.2 Å². The molecule has 1 unspecified atom stereocenters. The summed E-state index contributed by atoms with van der Waals surface area (Å²) in [6, 6.07) is 19.0. The number of nitrogens with zero attached hydrogens (tertiary/aromatic N) is 2. The van der Waals surface area contributed by atoms with Crippen LogP contribution in [-0.2, 0) is 17.0 Å². The molecule has 2 aromatic carbocycles. The molecule has 1 atom stereocenters. The summed E-state index contributed by atoms with van der Waals surface area (Å²) in [7, 11) is 0. The van der Waals surface area contributed by atoms with Crippen molar-refractivity contribution in [2.75, 3.05) is 0 Å². The molecule has 0 aliphatic rings. The number of hydrogen-bond donors (Lipinski definition) is 0. The van der Waals surface area contributed by atoms with Crippen LogP contribution in [0.3, 0.4) is 0 Å². The third-order valence-corrected chi connectivity index (χ3v) is 4.67. The van der Waals surface area contributed by atoms with Gasteiger partial charge in [0.2, 0.25) is 0 Å². The van der Waals surface area contributed by atoms with Gasteiger partial charge < -0.3 is 0 Å². The second-order valence-electron chi connectivity index (χ2n) is 4.99. The van der Waals surface area contributed by atoms with Gasteiger partial charge in [-0.15, -0.1) is 0 Å². The summed E-state index contributed by atoms with van der Waals surface area (Å²) in [5.74, 6) is 0. The second-order valence-corrected chi connectivity index (χ2v) is 6.74. The van der Waals surface area contributed by atoms with Crippen molar-refractivity contribution in [1.29, 1.82) is 0 Å². The molecule has 24 heavy (non-hydrogen) atoms. The Morgan fingerprint density at radius 1 is 0.958 bits per heavy atom. The van der Waals surface area contributed by atoms with Crippen LogP contribution < -0.4 is 23.3 Å². The van der Waals surface area contributed by atoms with Crippen LogP contribution in [0.15, 0.2) is 73.1 Å². The van der Waals surface area contributed by atoms with Gasteiger partial charge in [0.25, 0.3) is 0 Å². The normalized spacial score (nSPS) is 11.9. The fraction of sp³-hybridized carbons (Fsp3) is 0.118. The molecule has 0 N–H and O–H groups in total. The van der Waals surface area contributed by atoms with E-state index in [0.717, 1.165) is 11.1 Å². The van der Waals surface area contributed by atoms with E-state index in [0.29, 0.717) is 0 Å². The van der Waals surface area contributed by atoms with Gasteiger partial charge in [-0.05, 0) is 0 Å². The van der Waals surface area contributed by atoms with Gasteiger partial charge in [-0.25, -0.2) is 0 Å². The van der Waals surface area contributed by atoms with E-state index in [2.05, 4.69) is 0 Å². The molecule has 1 aromatic heterocycles. The number of benzene rings is 2. The summed E-state index contributed by atoms with van der Waals surface area (Å²) in [4.78, 5) is 11.1. The summed E-state index contributed by atoms with van der Waals surface area (Å²) >= 11 is -3.49. The maximum atomic E-state index is 11.6. The Kier molecular flexibility index (Phi) is 5.38. The molecule has 6 nitrogen and oxygen atoms in total. The first-order valence-corrected chi connectivity index (χ1v) is 9.56. The SMILES string of the molecule is O=[Se]([O-])c1n(OCc2ccccc2)cc[n+]1OCc1ccccc1. The van der Waals surface area contributed by atoms with Gasteiger partial charge in [0.15, 0.2) is 0 Å². The average Bonchev–Trinajstić information content (AvgIpc) is 3.03. The molecular weight excluding hydrogens is 375 g/mol. The molecule has 0 saturated carbocycles. The van der Waals surface area contributed by atoms with Crippen LogP contribution in [0.2, 0.25) is 0 Å². The first-order chi connectivity index (χ1) is 11.7. The molecule has 7 heteroatoms. The number of aromatic nitrogens is 2. The van der Waals surface area contributed by atoms with Crippen molar-refractivity contribution in [3.05, 3.63) is 84.2 Å². The summed E-state index contributed by atoms with van der Waals surface area (Å²) in [5, 5.41) is 0. The molecule has 0 aliphatic heterocycles. The Morgan fingerprint density at radius 2 is 1.54 bits per heavy atom. The van der Waals surface area contributed by atoms with Crippen molar-refractivity contribution in [2.45, 2.75) is 13.2 Å². The minimum atomic E-state index is -3.49. The molecule has 0 fully saturated rings. The second kappa shape index (κ2) is 7.88. The predicted octanol–water partition coefficient (Wildman–Crippen LogP) is -0.481. The monoisotopic (exact) mass is 392 g/mol. The van der Waals surface area contributed by atoms with Crippen LogP contribution in [0.5, 0.6) is 0 Å². The van der Waals surface area contributed by atoms with E-state index in [1.165, 1.54) is 21.9 Å². The van der Waals surface area contributed by atoms with Crippen molar-refractivity contribution in [2.24, 2.45) is 0 Å². The van der Waals surface area contributed by atoms with Gasteiger partial charge in [0, 0.05) is 0 Å². The molecule has 124 valence electrons. The molecule has 3 rings (SSSR count). The van der Waals surface area contributed by atoms with E-state index >= 15 is 0 Å². The number of hydrogen-bond acceptors (Lipinski definition) is 4. The topological polar surface area (TPSA) is 67.4 Å². The summed E-state index contributed by atoms with van der Waals surface area (Å²) in [5.41, 5.74) is 1.89. The Balaban J connectivity index is 1.71. The first-order valence-electron chi connectivity index (χ1n) is 7.31. The van der Waals surface area contributed by atoms with Crippen LogP contribution in [0.4, 0.5) is 0 Å². The van der Waals surface area contributed by atoms with Crippen LogP contribution in [0, 0.1) is 0 Å². The molecule has 1 heterocycles. The van der Waals surface area contributed by atoms with Gasteiger partial charge in [0.05, 0.1) is 0 Å². The Bertz CT molecular complexity index is 745. The summed E-state index contributed by atoms with van der Waals surface area (Å²) in [6.45, 7) is 0.528. The predicted molar refractivity (Wildman–Crippen MR) is 84.2 cm³/mol. The van der Waals surface area contributed by atoms with Crippen molar-refractivity contribution in [3.63, 3.8) is 0 Å². The van der Waals surface area contributed by atoms with Gasteiger partial charge in [-0.3, -0.25) is 0 Å². The van der Waals surface area contributed by atoms with Crippen LogP contribution in [0.25, 0.3) is 0 Å². The minimum absolute atomic E-state index is 0.0122. The van der Waals surface area contributed by atoms with E-state index in [9.17, 15) is 8.02 Å². The molecule has 0 bridgehead atoms. The third kappa shape index (κ3) is 4.08. The third-order valence-electron chi connectivity index (χ3n) is 3.29. The van der Waals surface area contributed by atoms with Crippen LogP contribution >= 0.6 is 0 Å². The van der Waals surface area contributed by atoms with Crippen molar-refractivity contribution < 1.29 is 22.4 Å². The summed E-state index contributed by atoms with van der Waals surface area (Å²) in [6.07, 6.45) is 3.05. The Labute approximate surface area is 143 Å². The fourth-order valence-corrected chi connectivity index (χ4v) is 3.22. The molecule has 0 spiro atoms. The Morgan fingerprint density at radius 3 is 2.12 bits per heavy atom. The van der Waals surface area contributed by atoms with E-state index in [1.54, 1.807) is 0 Å². The van der Waals surface area contributed by atoms with Crippen molar-refractivity contribution in [1.82, 2.24) is 4.73 Å². The van der Waals surface area contributed by atoms with Crippen LogP contribution in [0.1, 0.15) is 11.1 Å². The molecule has 3 aromatic rings. The number of rotatable bonds is 7. The molecule has 0 saturated heterocycles. The molecule has 0 amide bonds. The van der Waals surface area contributed by atoms with Crippen molar-refractivity contribution >= 4 is 18.9 Å². The Hall–Kier alpha value is -2.47. The van der Waals surface area contributed by atoms with Crippen molar-refractivity contribution in [3.8, 4) is 0 Å². The van der Waals surface area contributed by atoms with E-state index in [-0.39, 0.29) is 17.9 Å². The summed E-state index contributed by atoms with van der Waals surface area (Å²) < 4.78 is 25.7. The average molecular weight is 391 g/mol. The number of imidazole rings is 1. The molecular formula is C17H16N2O4Se. The zero-order valence-corrected chi connectivity index (χ0v) is 14.5.